The molecule has 2 aliphatic rings. The molecule has 0 aromatic rings. The fourth-order valence-corrected chi connectivity index (χ4v) is 2.31. The average molecular weight is 215 g/mol. The van der Waals surface area contributed by atoms with Gasteiger partial charge in [0.05, 0.1) is 0 Å². The number of amidine groups is 1. The maximum atomic E-state index is 8.81. The van der Waals surface area contributed by atoms with Gasteiger partial charge in [0.1, 0.15) is 29.3 Å². The van der Waals surface area contributed by atoms with Crippen LogP contribution in [0.1, 0.15) is 32.1 Å². The molecule has 0 radical (unpaired) electrons. The Kier molecular flexibility index (Phi) is 2.54. The summed E-state index contributed by atoms with van der Waals surface area (Å²) in [6.07, 6.45) is 5.25. The number of allylic oxidation sites excluding steroid dienone is 1. The molecule has 1 saturated carbocycles. The van der Waals surface area contributed by atoms with Gasteiger partial charge >= 0.3 is 0 Å². The summed E-state index contributed by atoms with van der Waals surface area (Å²) in [5, 5.41) is 20.8. The molecule has 3 N–H and O–H groups in total. The fraction of sp³-hybridized carbons (Fsp3) is 0.545. The first-order valence-corrected chi connectivity index (χ1v) is 5.39. The van der Waals surface area contributed by atoms with Crippen LogP contribution in [-0.2, 0) is 0 Å². The topological polar surface area (TPSA) is 98.0 Å². The summed E-state index contributed by atoms with van der Waals surface area (Å²) >= 11 is 0. The molecule has 2 rings (SSSR count). The maximum absolute atomic E-state index is 8.81. The van der Waals surface area contributed by atoms with E-state index in [9.17, 15) is 0 Å². The highest BCUT2D eigenvalue weighted by Crippen LogP contribution is 2.33. The summed E-state index contributed by atoms with van der Waals surface area (Å²) in [5.74, 6) is 0.292. The van der Waals surface area contributed by atoms with Crippen molar-refractivity contribution in [3.05, 3.63) is 11.3 Å². The van der Waals surface area contributed by atoms with Gasteiger partial charge in [0.25, 0.3) is 0 Å². The van der Waals surface area contributed by atoms with Gasteiger partial charge in [-0.25, -0.2) is 4.99 Å². The van der Waals surface area contributed by atoms with Crippen molar-refractivity contribution in [1.82, 2.24) is 5.32 Å². The van der Waals surface area contributed by atoms with E-state index in [-0.39, 0.29) is 11.2 Å². The molecule has 0 aromatic carbocycles. The Labute approximate surface area is 94.3 Å². The first-order valence-electron chi connectivity index (χ1n) is 5.39. The minimum Gasteiger partial charge on any atom is -0.382 e. The normalized spacial score (nSPS) is 21.9. The molecule has 0 atom stereocenters. The monoisotopic (exact) mass is 215 g/mol. The summed E-state index contributed by atoms with van der Waals surface area (Å²) in [4.78, 5) is 4.40. The summed E-state index contributed by atoms with van der Waals surface area (Å²) < 4.78 is 0. The van der Waals surface area contributed by atoms with E-state index in [2.05, 4.69) is 10.3 Å². The van der Waals surface area contributed by atoms with Gasteiger partial charge in [-0.05, 0) is 25.7 Å². The number of hydrogen-bond donors (Lipinski definition) is 2. The molecule has 1 heterocycles. The van der Waals surface area contributed by atoms with E-state index in [4.69, 9.17) is 16.3 Å². The largest absolute Gasteiger partial charge is 0.382 e. The minimum atomic E-state index is -0.351. The third-order valence-electron chi connectivity index (χ3n) is 3.10. The average Bonchev–Trinajstić information content (AvgIpc) is 2.59. The Bertz CT molecular complexity index is 424. The van der Waals surface area contributed by atoms with Crippen LogP contribution >= 0.6 is 0 Å². The van der Waals surface area contributed by atoms with E-state index < -0.39 is 0 Å². The van der Waals surface area contributed by atoms with Crippen LogP contribution in [0.5, 0.6) is 0 Å². The molecular formula is C11H13N5. The summed E-state index contributed by atoms with van der Waals surface area (Å²) in [5.41, 5.74) is 5.84. The van der Waals surface area contributed by atoms with Crippen molar-refractivity contribution in [3.8, 4) is 12.1 Å². The molecule has 1 aliphatic carbocycles. The Balaban J connectivity index is 2.33. The van der Waals surface area contributed by atoms with Crippen molar-refractivity contribution in [3.63, 3.8) is 0 Å². The van der Waals surface area contributed by atoms with Gasteiger partial charge < -0.3 is 11.1 Å². The minimum absolute atomic E-state index is 0.0173. The zero-order chi connectivity index (χ0) is 11.6. The molecule has 0 bridgehead atoms. The lowest BCUT2D eigenvalue weighted by molar-refractivity contribution is 0.275. The van der Waals surface area contributed by atoms with Gasteiger partial charge in [0.15, 0.2) is 5.57 Å². The van der Waals surface area contributed by atoms with E-state index in [0.717, 1.165) is 25.7 Å². The van der Waals surface area contributed by atoms with Gasteiger partial charge in [0, 0.05) is 0 Å². The SMILES string of the molecule is N#CC(C#N)=C1NC2(CCCCC2)N=C1N. The predicted octanol–water partition coefficient (Wildman–Crippen LogP) is 0.908. The van der Waals surface area contributed by atoms with Gasteiger partial charge in [-0.1, -0.05) is 6.42 Å². The number of nitrogens with one attached hydrogen (secondary N) is 1. The van der Waals surface area contributed by atoms with E-state index >= 15 is 0 Å². The second kappa shape index (κ2) is 3.86. The molecule has 1 fully saturated rings. The highest BCUT2D eigenvalue weighted by atomic mass is 15.2. The fourth-order valence-electron chi connectivity index (χ4n) is 2.31. The van der Waals surface area contributed by atoms with Crippen molar-refractivity contribution in [2.24, 2.45) is 10.7 Å². The number of nitrogens with zero attached hydrogens (tertiary/aromatic N) is 3. The van der Waals surface area contributed by atoms with Crippen LogP contribution in [0.25, 0.3) is 0 Å². The molecule has 5 nitrogen and oxygen atoms in total. The van der Waals surface area contributed by atoms with Crippen molar-refractivity contribution in [2.45, 2.75) is 37.8 Å². The third-order valence-corrected chi connectivity index (χ3v) is 3.10. The molecule has 1 aliphatic heterocycles. The number of aliphatic imine (C=N–C) groups is 1. The molecule has 5 heteroatoms. The van der Waals surface area contributed by atoms with Crippen LogP contribution in [0.2, 0.25) is 0 Å². The van der Waals surface area contributed by atoms with Gasteiger partial charge in [-0.2, -0.15) is 10.5 Å². The number of rotatable bonds is 0. The first-order chi connectivity index (χ1) is 7.71. The van der Waals surface area contributed by atoms with E-state index in [1.54, 1.807) is 0 Å². The van der Waals surface area contributed by atoms with Crippen LogP contribution in [0.4, 0.5) is 0 Å². The Morgan fingerprint density at radius 3 is 2.44 bits per heavy atom. The van der Waals surface area contributed by atoms with Crippen LogP contribution in [-0.4, -0.2) is 11.5 Å². The zero-order valence-electron chi connectivity index (χ0n) is 8.95. The lowest BCUT2D eigenvalue weighted by Crippen LogP contribution is -2.40. The first kappa shape index (κ1) is 10.5. The van der Waals surface area contributed by atoms with Crippen molar-refractivity contribution in [1.29, 1.82) is 10.5 Å². The molecule has 82 valence electrons. The van der Waals surface area contributed by atoms with Crippen LogP contribution in [0.15, 0.2) is 16.3 Å². The molecule has 0 aromatic heterocycles. The highest BCUT2D eigenvalue weighted by Gasteiger charge is 2.38. The van der Waals surface area contributed by atoms with Crippen molar-refractivity contribution < 1.29 is 0 Å². The van der Waals surface area contributed by atoms with Crippen LogP contribution in [0.3, 0.4) is 0 Å². The lowest BCUT2D eigenvalue weighted by atomic mass is 9.90. The van der Waals surface area contributed by atoms with Crippen LogP contribution in [0, 0.1) is 22.7 Å². The van der Waals surface area contributed by atoms with Gasteiger partial charge in [-0.15, -0.1) is 0 Å². The third kappa shape index (κ3) is 1.61. The predicted molar refractivity (Wildman–Crippen MR) is 58.8 cm³/mol. The number of hydrogen-bond acceptors (Lipinski definition) is 5. The Morgan fingerprint density at radius 2 is 1.88 bits per heavy atom. The van der Waals surface area contributed by atoms with E-state index in [1.165, 1.54) is 6.42 Å². The second-order valence-electron chi connectivity index (χ2n) is 4.19. The summed E-state index contributed by atoms with van der Waals surface area (Å²) in [6.45, 7) is 0. The quantitative estimate of drug-likeness (QED) is 0.587. The van der Waals surface area contributed by atoms with Crippen molar-refractivity contribution >= 4 is 5.84 Å². The maximum Gasteiger partial charge on any atom is 0.156 e. The number of nitrogens with two attached hydrogens (primary N) is 1. The summed E-state index contributed by atoms with van der Waals surface area (Å²) in [7, 11) is 0. The second-order valence-corrected chi connectivity index (χ2v) is 4.19. The Morgan fingerprint density at radius 1 is 1.25 bits per heavy atom. The lowest BCUT2D eigenvalue weighted by Gasteiger charge is -2.31. The number of nitriles is 2. The highest BCUT2D eigenvalue weighted by molar-refractivity contribution is 6.00. The van der Waals surface area contributed by atoms with E-state index in [0.29, 0.717) is 11.5 Å². The summed E-state index contributed by atoms with van der Waals surface area (Å²) in [6, 6.07) is 3.68. The molecule has 0 unspecified atom stereocenters. The molecule has 0 saturated heterocycles. The Hall–Kier alpha value is -2.01. The molecule has 0 amide bonds. The molecule has 1 spiro atoms. The smallest absolute Gasteiger partial charge is 0.156 e. The van der Waals surface area contributed by atoms with Crippen molar-refractivity contribution in [2.75, 3.05) is 0 Å². The van der Waals surface area contributed by atoms with Gasteiger partial charge in [-0.3, -0.25) is 0 Å². The van der Waals surface area contributed by atoms with E-state index in [1.807, 2.05) is 12.1 Å². The molecule has 16 heavy (non-hydrogen) atoms. The van der Waals surface area contributed by atoms with Gasteiger partial charge in [0.2, 0.25) is 0 Å². The standard InChI is InChI=1S/C11H13N5/c12-6-8(7-13)9-10(14)16-11(15-9)4-2-1-3-5-11/h15H,1-5H2,(H2,14,16). The van der Waals surface area contributed by atoms with Crippen LogP contribution < -0.4 is 11.1 Å². The zero-order valence-corrected chi connectivity index (χ0v) is 8.95. The molecular weight excluding hydrogens is 202 g/mol.